The van der Waals surface area contributed by atoms with Crippen LogP contribution in [0.25, 0.3) is 0 Å². The summed E-state index contributed by atoms with van der Waals surface area (Å²) in [6.07, 6.45) is 2.09. The lowest BCUT2D eigenvalue weighted by Gasteiger charge is -2.38. The van der Waals surface area contributed by atoms with Gasteiger partial charge in [0.1, 0.15) is 12.1 Å². The molecule has 49 heavy (non-hydrogen) atoms. The summed E-state index contributed by atoms with van der Waals surface area (Å²) < 4.78 is 28.0. The van der Waals surface area contributed by atoms with Crippen LogP contribution < -0.4 is 21.7 Å². The number of urea groups is 1. The van der Waals surface area contributed by atoms with Gasteiger partial charge in [-0.2, -0.15) is 4.31 Å². The van der Waals surface area contributed by atoms with Crippen LogP contribution >= 0.6 is 0 Å². The lowest BCUT2D eigenvalue weighted by Crippen LogP contribution is -2.62. The maximum absolute atomic E-state index is 14.4. The SMILES string of the molecule is CCCCC(NC(=O)[C@@H]1C(C(C)C)CCN1C(=O)[C@@H](NC(=O)N[C@H](CN1Cc2ccccc2S1(=O)=O)C(C)(C)C)C(C)(C)C)C(=O)C(N)=O. The number of nitrogens with two attached hydrogens (primary N) is 1. The van der Waals surface area contributed by atoms with Gasteiger partial charge in [-0.3, -0.25) is 19.2 Å². The number of hydrogen-bond acceptors (Lipinski definition) is 7. The molecule has 13 nitrogen and oxygen atoms in total. The zero-order chi connectivity index (χ0) is 37.1. The molecular weight excluding hydrogens is 648 g/mol. The highest BCUT2D eigenvalue weighted by molar-refractivity contribution is 7.89. The van der Waals surface area contributed by atoms with Crippen molar-refractivity contribution in [2.24, 2.45) is 28.4 Å². The van der Waals surface area contributed by atoms with Gasteiger partial charge in [-0.1, -0.05) is 93.4 Å². The number of sulfonamides is 1. The smallest absolute Gasteiger partial charge is 0.315 e. The highest BCUT2D eigenvalue weighted by Gasteiger charge is 2.48. The van der Waals surface area contributed by atoms with Crippen molar-refractivity contribution >= 4 is 39.6 Å². The predicted molar refractivity (Wildman–Crippen MR) is 186 cm³/mol. The van der Waals surface area contributed by atoms with E-state index in [1.165, 1.54) is 9.21 Å². The van der Waals surface area contributed by atoms with E-state index in [1.807, 2.05) is 62.3 Å². The standard InChI is InChI=1S/C35H56N6O7S/c1-10-11-15-24(28(42)30(36)43)37-31(44)27-23(21(2)3)17-18-41(27)32(45)29(35(7,8)9)39-33(46)38-26(34(4,5)6)20-40-19-22-14-12-13-16-25(22)49(40,47)48/h12-14,16,21,23-24,26-27,29H,10-11,15,17-20H2,1-9H3,(H2,36,43)(H,37,44)(H2,38,39,46)/t23?,24?,26-,27+,29-/m1/s1. The molecule has 1 saturated heterocycles. The van der Waals surface area contributed by atoms with E-state index in [4.69, 9.17) is 5.73 Å². The molecule has 1 fully saturated rings. The molecule has 0 aliphatic carbocycles. The van der Waals surface area contributed by atoms with E-state index in [1.54, 1.807) is 24.3 Å². The Labute approximate surface area is 291 Å². The molecule has 5 N–H and O–H groups in total. The van der Waals surface area contributed by atoms with Crippen LogP contribution in [-0.4, -0.2) is 84.4 Å². The van der Waals surface area contributed by atoms with Crippen LogP contribution in [0, 0.1) is 22.7 Å². The number of fused-ring (bicyclic) bond motifs is 1. The highest BCUT2D eigenvalue weighted by Crippen LogP contribution is 2.34. The molecule has 2 aliphatic rings. The minimum Gasteiger partial charge on any atom is -0.363 e. The van der Waals surface area contributed by atoms with E-state index in [-0.39, 0.29) is 42.8 Å². The van der Waals surface area contributed by atoms with E-state index in [9.17, 15) is 32.4 Å². The molecule has 1 aromatic rings. The number of rotatable bonds is 13. The van der Waals surface area contributed by atoms with Gasteiger partial charge in [0, 0.05) is 25.7 Å². The van der Waals surface area contributed by atoms with Crippen molar-refractivity contribution in [2.45, 2.75) is 124 Å². The first-order valence-corrected chi connectivity index (χ1v) is 18.6. The lowest BCUT2D eigenvalue weighted by atomic mass is 9.84. The minimum atomic E-state index is -3.74. The highest BCUT2D eigenvalue weighted by atomic mass is 32.2. The van der Waals surface area contributed by atoms with E-state index in [0.29, 0.717) is 18.4 Å². The number of carbonyl (C=O) groups is 5. The van der Waals surface area contributed by atoms with Gasteiger partial charge in [0.25, 0.3) is 5.91 Å². The van der Waals surface area contributed by atoms with Gasteiger partial charge >= 0.3 is 6.03 Å². The summed E-state index contributed by atoms with van der Waals surface area (Å²) in [7, 11) is -3.74. The van der Waals surface area contributed by atoms with Gasteiger partial charge < -0.3 is 26.6 Å². The number of amides is 5. The van der Waals surface area contributed by atoms with Crippen LogP contribution in [0.4, 0.5) is 4.79 Å². The Kier molecular flexibility index (Phi) is 12.7. The molecule has 3 rings (SSSR count). The predicted octanol–water partition coefficient (Wildman–Crippen LogP) is 2.92. The monoisotopic (exact) mass is 704 g/mol. The molecule has 0 spiro atoms. The number of primary amides is 1. The molecule has 2 heterocycles. The fourth-order valence-corrected chi connectivity index (χ4v) is 8.20. The Morgan fingerprint density at radius 1 is 0.959 bits per heavy atom. The molecule has 5 amide bonds. The third kappa shape index (κ3) is 9.39. The van der Waals surface area contributed by atoms with Crippen molar-refractivity contribution < 1.29 is 32.4 Å². The van der Waals surface area contributed by atoms with Crippen molar-refractivity contribution in [3.8, 4) is 0 Å². The second kappa shape index (κ2) is 15.6. The Bertz CT molecular complexity index is 1510. The molecule has 0 saturated carbocycles. The normalized spacial score (nSPS) is 21.1. The number of benzene rings is 1. The molecule has 0 aromatic heterocycles. The van der Waals surface area contributed by atoms with E-state index >= 15 is 0 Å². The maximum Gasteiger partial charge on any atom is 0.315 e. The number of nitrogens with one attached hydrogen (secondary N) is 3. The number of Topliss-reactive ketones (excluding diaryl/α,β-unsaturated/α-hetero) is 1. The molecule has 1 aromatic carbocycles. The summed E-state index contributed by atoms with van der Waals surface area (Å²) in [6, 6.07) is 2.47. The van der Waals surface area contributed by atoms with Crippen LogP contribution in [0.5, 0.6) is 0 Å². The Morgan fingerprint density at radius 3 is 2.12 bits per heavy atom. The average Bonchev–Trinajstić information content (AvgIpc) is 3.55. The second-order valence-corrected chi connectivity index (χ2v) is 17.8. The van der Waals surface area contributed by atoms with Crippen molar-refractivity contribution in [1.82, 2.24) is 25.2 Å². The van der Waals surface area contributed by atoms with Crippen LogP contribution in [0.3, 0.4) is 0 Å². The first-order chi connectivity index (χ1) is 22.6. The zero-order valence-electron chi connectivity index (χ0n) is 30.5. The fourth-order valence-electron chi connectivity index (χ4n) is 6.55. The molecule has 2 unspecified atom stereocenters. The summed E-state index contributed by atoms with van der Waals surface area (Å²) >= 11 is 0. The Morgan fingerprint density at radius 2 is 1.59 bits per heavy atom. The lowest BCUT2D eigenvalue weighted by molar-refractivity contribution is -0.144. The van der Waals surface area contributed by atoms with Crippen LogP contribution in [0.2, 0.25) is 0 Å². The molecule has 274 valence electrons. The van der Waals surface area contributed by atoms with Gasteiger partial charge in [-0.25, -0.2) is 13.2 Å². The third-order valence-corrected chi connectivity index (χ3v) is 11.5. The second-order valence-electron chi connectivity index (χ2n) is 15.8. The quantitative estimate of drug-likeness (QED) is 0.227. The fraction of sp³-hybridized carbons (Fsp3) is 0.686. The molecule has 0 bridgehead atoms. The van der Waals surface area contributed by atoms with Crippen molar-refractivity contribution in [2.75, 3.05) is 13.1 Å². The van der Waals surface area contributed by atoms with E-state index in [0.717, 1.165) is 6.42 Å². The number of likely N-dealkylation sites (tertiary alicyclic amines) is 1. The topological polar surface area (TPSA) is 188 Å². The molecular formula is C35H56N6O7S. The summed E-state index contributed by atoms with van der Waals surface area (Å²) in [5.41, 5.74) is 4.63. The van der Waals surface area contributed by atoms with Crippen LogP contribution in [0.1, 0.15) is 93.6 Å². The van der Waals surface area contributed by atoms with Gasteiger partial charge in [-0.15, -0.1) is 0 Å². The zero-order valence-corrected chi connectivity index (χ0v) is 31.3. The number of nitrogens with zero attached hydrogens (tertiary/aromatic N) is 2. The molecule has 5 atom stereocenters. The average molecular weight is 705 g/mol. The van der Waals surface area contributed by atoms with Crippen LogP contribution in [-0.2, 0) is 35.7 Å². The van der Waals surface area contributed by atoms with Gasteiger partial charge in [0.2, 0.25) is 27.6 Å². The number of ketones is 1. The van der Waals surface area contributed by atoms with Gasteiger partial charge in [-0.05, 0) is 47.1 Å². The van der Waals surface area contributed by atoms with Gasteiger partial charge in [0.15, 0.2) is 0 Å². The molecule has 0 radical (unpaired) electrons. The van der Waals surface area contributed by atoms with Crippen molar-refractivity contribution in [3.05, 3.63) is 29.8 Å². The van der Waals surface area contributed by atoms with Crippen molar-refractivity contribution in [1.29, 1.82) is 0 Å². The maximum atomic E-state index is 14.4. The largest absolute Gasteiger partial charge is 0.363 e. The summed E-state index contributed by atoms with van der Waals surface area (Å²) in [5.74, 6) is -3.24. The first-order valence-electron chi connectivity index (χ1n) is 17.2. The number of unbranched alkanes of at least 4 members (excludes halogenated alkanes) is 1. The van der Waals surface area contributed by atoms with E-state index < -0.39 is 74.6 Å². The van der Waals surface area contributed by atoms with Gasteiger partial charge in [0.05, 0.1) is 10.9 Å². The summed E-state index contributed by atoms with van der Waals surface area (Å²) in [6.45, 7) is 17.4. The van der Waals surface area contributed by atoms with Crippen molar-refractivity contribution in [3.63, 3.8) is 0 Å². The molecule has 14 heteroatoms. The number of hydrogen-bond donors (Lipinski definition) is 4. The Balaban J connectivity index is 1.84. The third-order valence-electron chi connectivity index (χ3n) is 9.64. The number of carbonyl (C=O) groups excluding carboxylic acids is 5. The minimum absolute atomic E-state index is 0.0133. The van der Waals surface area contributed by atoms with Crippen LogP contribution in [0.15, 0.2) is 29.2 Å². The first kappa shape index (κ1) is 39.9. The summed E-state index contributed by atoms with van der Waals surface area (Å²) in [4.78, 5) is 68.0. The van der Waals surface area contributed by atoms with E-state index in [2.05, 4.69) is 16.0 Å². The molecule has 2 aliphatic heterocycles. The summed E-state index contributed by atoms with van der Waals surface area (Å²) in [5, 5.41) is 8.50. The Hall–Kier alpha value is -3.52.